The van der Waals surface area contributed by atoms with Crippen molar-refractivity contribution in [3.05, 3.63) is 23.7 Å². The van der Waals surface area contributed by atoms with E-state index in [9.17, 15) is 4.79 Å². The number of rotatable bonds is 4. The number of carbonyl (C=O) groups excluding carboxylic acids is 1. The molecule has 1 aliphatic rings. The van der Waals surface area contributed by atoms with Crippen molar-refractivity contribution in [3.63, 3.8) is 0 Å². The van der Waals surface area contributed by atoms with Gasteiger partial charge in [0.15, 0.2) is 5.76 Å². The van der Waals surface area contributed by atoms with Crippen molar-refractivity contribution in [2.45, 2.75) is 13.3 Å². The first kappa shape index (κ1) is 13.1. The molecule has 2 N–H and O–H groups in total. The third-order valence-corrected chi connectivity index (χ3v) is 3.33. The van der Waals surface area contributed by atoms with Crippen LogP contribution in [0.4, 0.5) is 0 Å². The summed E-state index contributed by atoms with van der Waals surface area (Å²) in [6.45, 7) is 6.88. The van der Waals surface area contributed by atoms with Gasteiger partial charge in [0.25, 0.3) is 5.91 Å². The molecule has 1 amide bonds. The van der Waals surface area contributed by atoms with Gasteiger partial charge in [0.2, 0.25) is 0 Å². The highest BCUT2D eigenvalue weighted by Crippen LogP contribution is 2.12. The maximum absolute atomic E-state index is 12.2. The highest BCUT2D eigenvalue weighted by atomic mass is 16.4. The monoisotopic (exact) mass is 251 g/mol. The number of carbonyl (C=O) groups is 1. The first-order valence-corrected chi connectivity index (χ1v) is 6.55. The summed E-state index contributed by atoms with van der Waals surface area (Å²) in [4.78, 5) is 16.3. The lowest BCUT2D eigenvalue weighted by molar-refractivity contribution is 0.0608. The van der Waals surface area contributed by atoms with E-state index in [-0.39, 0.29) is 5.91 Å². The predicted octanol–water partition coefficient (Wildman–Crippen LogP) is 0.559. The highest BCUT2D eigenvalue weighted by Gasteiger charge is 2.23. The Hall–Kier alpha value is -1.33. The van der Waals surface area contributed by atoms with Crippen molar-refractivity contribution in [1.29, 1.82) is 0 Å². The van der Waals surface area contributed by atoms with Gasteiger partial charge in [-0.1, -0.05) is 6.92 Å². The topological polar surface area (TPSA) is 62.7 Å². The van der Waals surface area contributed by atoms with Crippen LogP contribution < -0.4 is 5.73 Å². The van der Waals surface area contributed by atoms with Gasteiger partial charge in [-0.3, -0.25) is 9.69 Å². The van der Waals surface area contributed by atoms with Crippen molar-refractivity contribution in [2.75, 3.05) is 39.3 Å². The minimum Gasteiger partial charge on any atom is -0.456 e. The fraction of sp³-hybridized carbons (Fsp3) is 0.615. The number of furan rings is 1. The summed E-state index contributed by atoms with van der Waals surface area (Å²) in [5, 5.41) is 0. The molecule has 2 heterocycles. The van der Waals surface area contributed by atoms with Gasteiger partial charge >= 0.3 is 0 Å². The molecule has 0 bridgehead atoms. The molecule has 18 heavy (non-hydrogen) atoms. The Morgan fingerprint density at radius 2 is 2.06 bits per heavy atom. The SMILES string of the molecule is CCc1ccc(C(=O)N2CCN(CCN)CC2)o1. The Morgan fingerprint density at radius 1 is 1.33 bits per heavy atom. The van der Waals surface area contributed by atoms with Gasteiger partial charge in [-0.05, 0) is 12.1 Å². The lowest BCUT2D eigenvalue weighted by atomic mass is 10.3. The van der Waals surface area contributed by atoms with E-state index >= 15 is 0 Å². The van der Waals surface area contributed by atoms with Gasteiger partial charge in [-0.15, -0.1) is 0 Å². The van der Waals surface area contributed by atoms with E-state index in [0.717, 1.165) is 44.9 Å². The zero-order chi connectivity index (χ0) is 13.0. The quantitative estimate of drug-likeness (QED) is 0.849. The van der Waals surface area contributed by atoms with Crippen LogP contribution >= 0.6 is 0 Å². The number of piperazine rings is 1. The minimum atomic E-state index is 0.00194. The standard InChI is InChI=1S/C13H21N3O2/c1-2-11-3-4-12(18-11)13(17)16-9-7-15(6-5-14)8-10-16/h3-4H,2,5-10,14H2,1H3. The molecule has 1 aliphatic heterocycles. The molecular weight excluding hydrogens is 230 g/mol. The van der Waals surface area contributed by atoms with E-state index in [1.54, 1.807) is 6.07 Å². The normalized spacial score (nSPS) is 17.1. The summed E-state index contributed by atoms with van der Waals surface area (Å²) < 4.78 is 5.50. The molecule has 0 unspecified atom stereocenters. The highest BCUT2D eigenvalue weighted by molar-refractivity contribution is 5.91. The molecule has 0 aromatic carbocycles. The number of nitrogens with zero attached hydrogens (tertiary/aromatic N) is 2. The van der Waals surface area contributed by atoms with Gasteiger partial charge in [0, 0.05) is 45.7 Å². The minimum absolute atomic E-state index is 0.00194. The Kier molecular flexibility index (Phi) is 4.38. The molecule has 0 atom stereocenters. The largest absolute Gasteiger partial charge is 0.456 e. The number of aryl methyl sites for hydroxylation is 1. The average molecular weight is 251 g/mol. The van der Waals surface area contributed by atoms with E-state index in [1.807, 2.05) is 17.9 Å². The van der Waals surface area contributed by atoms with Crippen LogP contribution in [-0.4, -0.2) is 55.0 Å². The Labute approximate surface area is 108 Å². The summed E-state index contributed by atoms with van der Waals surface area (Å²) in [5.74, 6) is 1.32. The number of nitrogens with two attached hydrogens (primary N) is 1. The lowest BCUT2D eigenvalue weighted by Crippen LogP contribution is -2.49. The molecule has 0 saturated carbocycles. The molecule has 1 fully saturated rings. The van der Waals surface area contributed by atoms with Gasteiger partial charge in [-0.25, -0.2) is 0 Å². The first-order chi connectivity index (χ1) is 8.74. The number of amides is 1. The maximum atomic E-state index is 12.2. The first-order valence-electron chi connectivity index (χ1n) is 6.55. The van der Waals surface area contributed by atoms with Crippen molar-refractivity contribution >= 4 is 5.91 Å². The molecule has 5 heteroatoms. The van der Waals surface area contributed by atoms with Gasteiger partial charge in [0.05, 0.1) is 0 Å². The Balaban J connectivity index is 1.91. The van der Waals surface area contributed by atoms with E-state index < -0.39 is 0 Å². The Bertz CT molecular complexity index is 395. The molecule has 0 radical (unpaired) electrons. The summed E-state index contributed by atoms with van der Waals surface area (Å²) in [7, 11) is 0. The molecule has 0 aliphatic carbocycles. The fourth-order valence-corrected chi connectivity index (χ4v) is 2.20. The maximum Gasteiger partial charge on any atom is 0.289 e. The van der Waals surface area contributed by atoms with Crippen molar-refractivity contribution < 1.29 is 9.21 Å². The second kappa shape index (κ2) is 6.02. The summed E-state index contributed by atoms with van der Waals surface area (Å²) in [6, 6.07) is 3.64. The van der Waals surface area contributed by atoms with E-state index in [4.69, 9.17) is 10.2 Å². The molecule has 100 valence electrons. The van der Waals surface area contributed by atoms with Crippen LogP contribution in [0.15, 0.2) is 16.5 Å². The molecule has 1 aromatic rings. The summed E-state index contributed by atoms with van der Waals surface area (Å²) in [6.07, 6.45) is 0.817. The van der Waals surface area contributed by atoms with E-state index in [1.165, 1.54) is 0 Å². The number of hydrogen-bond donors (Lipinski definition) is 1. The van der Waals surface area contributed by atoms with Gasteiger partial charge in [-0.2, -0.15) is 0 Å². The van der Waals surface area contributed by atoms with Crippen LogP contribution in [-0.2, 0) is 6.42 Å². The molecule has 5 nitrogen and oxygen atoms in total. The second-order valence-corrected chi connectivity index (χ2v) is 4.54. The van der Waals surface area contributed by atoms with Crippen LogP contribution in [0.25, 0.3) is 0 Å². The second-order valence-electron chi connectivity index (χ2n) is 4.54. The third-order valence-electron chi connectivity index (χ3n) is 3.33. The fourth-order valence-electron chi connectivity index (χ4n) is 2.20. The van der Waals surface area contributed by atoms with Crippen LogP contribution in [0.2, 0.25) is 0 Å². The Morgan fingerprint density at radius 3 is 2.61 bits per heavy atom. The van der Waals surface area contributed by atoms with Crippen LogP contribution in [0, 0.1) is 0 Å². The average Bonchev–Trinajstić information content (AvgIpc) is 2.88. The molecule has 0 spiro atoms. The molecule has 2 rings (SSSR count). The van der Waals surface area contributed by atoms with Crippen molar-refractivity contribution in [1.82, 2.24) is 9.80 Å². The van der Waals surface area contributed by atoms with Crippen LogP contribution in [0.3, 0.4) is 0 Å². The number of hydrogen-bond acceptors (Lipinski definition) is 4. The lowest BCUT2D eigenvalue weighted by Gasteiger charge is -2.33. The van der Waals surface area contributed by atoms with Crippen LogP contribution in [0.5, 0.6) is 0 Å². The zero-order valence-electron chi connectivity index (χ0n) is 10.9. The summed E-state index contributed by atoms with van der Waals surface area (Å²) in [5.41, 5.74) is 5.53. The molecule has 1 saturated heterocycles. The van der Waals surface area contributed by atoms with Gasteiger partial charge < -0.3 is 15.1 Å². The predicted molar refractivity (Wildman–Crippen MR) is 69.5 cm³/mol. The van der Waals surface area contributed by atoms with Gasteiger partial charge in [0.1, 0.15) is 5.76 Å². The summed E-state index contributed by atoms with van der Waals surface area (Å²) >= 11 is 0. The van der Waals surface area contributed by atoms with E-state index in [0.29, 0.717) is 12.3 Å². The smallest absolute Gasteiger partial charge is 0.289 e. The molecule has 1 aromatic heterocycles. The third kappa shape index (κ3) is 2.91. The zero-order valence-corrected chi connectivity index (χ0v) is 10.9. The van der Waals surface area contributed by atoms with Crippen LogP contribution in [0.1, 0.15) is 23.2 Å². The van der Waals surface area contributed by atoms with Crippen molar-refractivity contribution in [3.8, 4) is 0 Å². The molecular formula is C13H21N3O2. The van der Waals surface area contributed by atoms with Crippen molar-refractivity contribution in [2.24, 2.45) is 5.73 Å². The van der Waals surface area contributed by atoms with E-state index in [2.05, 4.69) is 4.90 Å².